The van der Waals surface area contributed by atoms with Gasteiger partial charge in [0.2, 0.25) is 0 Å². The fourth-order valence-electron chi connectivity index (χ4n) is 1.64. The third kappa shape index (κ3) is 3.00. The van der Waals surface area contributed by atoms with Crippen LogP contribution in [0.15, 0.2) is 28.4 Å². The summed E-state index contributed by atoms with van der Waals surface area (Å²) < 4.78 is 13.5. The molecule has 1 aromatic carbocycles. The van der Waals surface area contributed by atoms with Crippen molar-refractivity contribution in [3.63, 3.8) is 0 Å². The van der Waals surface area contributed by atoms with Gasteiger partial charge in [0, 0.05) is 18.1 Å². The molecule has 5 nitrogen and oxygen atoms in total. The summed E-state index contributed by atoms with van der Waals surface area (Å²) in [4.78, 5) is 25.3. The van der Waals surface area contributed by atoms with Gasteiger partial charge in [0.25, 0.3) is 5.91 Å². The molecule has 19 heavy (non-hydrogen) atoms. The number of aromatic nitrogens is 1. The first kappa shape index (κ1) is 13.3. The third-order valence-electron chi connectivity index (χ3n) is 2.52. The van der Waals surface area contributed by atoms with Gasteiger partial charge in [-0.3, -0.25) is 9.59 Å². The molecule has 0 aliphatic heterocycles. The lowest BCUT2D eigenvalue weighted by molar-refractivity contribution is 0.0951. The SMILES string of the molecule is CNc1c(F)cccc1C(=O)NCc1csc(=O)[nH]1. The van der Waals surface area contributed by atoms with Gasteiger partial charge in [0.15, 0.2) is 0 Å². The highest BCUT2D eigenvalue weighted by molar-refractivity contribution is 7.07. The maximum Gasteiger partial charge on any atom is 0.304 e. The average Bonchev–Trinajstić information content (AvgIpc) is 2.81. The molecule has 0 aliphatic carbocycles. The molecule has 0 spiro atoms. The standard InChI is InChI=1S/C12H12FN3O2S/c1-14-10-8(3-2-4-9(10)13)11(17)15-5-7-6-19-12(18)16-7/h2-4,6,14H,5H2,1H3,(H,15,17)(H,16,18). The number of amides is 1. The summed E-state index contributed by atoms with van der Waals surface area (Å²) in [7, 11) is 1.55. The highest BCUT2D eigenvalue weighted by atomic mass is 32.1. The molecule has 0 atom stereocenters. The minimum absolute atomic E-state index is 0.152. The van der Waals surface area contributed by atoms with Gasteiger partial charge < -0.3 is 15.6 Å². The molecule has 0 saturated carbocycles. The summed E-state index contributed by atoms with van der Waals surface area (Å²) in [6, 6.07) is 4.27. The Hall–Kier alpha value is -2.15. The monoisotopic (exact) mass is 281 g/mol. The first-order valence-electron chi connectivity index (χ1n) is 5.53. The van der Waals surface area contributed by atoms with E-state index in [1.54, 1.807) is 12.4 Å². The highest BCUT2D eigenvalue weighted by Gasteiger charge is 2.13. The van der Waals surface area contributed by atoms with Crippen molar-refractivity contribution in [1.82, 2.24) is 10.3 Å². The lowest BCUT2D eigenvalue weighted by Gasteiger charge is -2.09. The van der Waals surface area contributed by atoms with E-state index < -0.39 is 11.7 Å². The molecule has 100 valence electrons. The van der Waals surface area contributed by atoms with Crippen LogP contribution in [-0.4, -0.2) is 17.9 Å². The zero-order valence-corrected chi connectivity index (χ0v) is 10.9. The molecule has 0 saturated heterocycles. The van der Waals surface area contributed by atoms with E-state index in [4.69, 9.17) is 0 Å². The Morgan fingerprint density at radius 1 is 1.47 bits per heavy atom. The van der Waals surface area contributed by atoms with Crippen LogP contribution in [0.1, 0.15) is 16.1 Å². The molecular weight excluding hydrogens is 269 g/mol. The van der Waals surface area contributed by atoms with Gasteiger partial charge in [-0.15, -0.1) is 0 Å². The van der Waals surface area contributed by atoms with Crippen LogP contribution >= 0.6 is 11.3 Å². The number of para-hydroxylation sites is 1. The number of nitrogens with one attached hydrogen (secondary N) is 3. The second-order valence-electron chi connectivity index (χ2n) is 3.77. The first-order valence-corrected chi connectivity index (χ1v) is 6.41. The summed E-state index contributed by atoms with van der Waals surface area (Å²) in [5, 5.41) is 6.91. The van der Waals surface area contributed by atoms with Gasteiger partial charge in [-0.05, 0) is 12.1 Å². The Kier molecular flexibility index (Phi) is 3.96. The van der Waals surface area contributed by atoms with Crippen molar-refractivity contribution in [2.24, 2.45) is 0 Å². The van der Waals surface area contributed by atoms with Crippen LogP contribution in [0, 0.1) is 5.82 Å². The van der Waals surface area contributed by atoms with E-state index in [0.29, 0.717) is 5.69 Å². The molecule has 7 heteroatoms. The number of anilines is 1. The summed E-state index contributed by atoms with van der Waals surface area (Å²) in [5.74, 6) is -0.894. The third-order valence-corrected chi connectivity index (χ3v) is 3.24. The van der Waals surface area contributed by atoms with Crippen molar-refractivity contribution in [2.45, 2.75) is 6.54 Å². The number of hydrogen-bond donors (Lipinski definition) is 3. The van der Waals surface area contributed by atoms with Crippen LogP contribution in [0.3, 0.4) is 0 Å². The Morgan fingerprint density at radius 2 is 2.26 bits per heavy atom. The molecule has 0 radical (unpaired) electrons. The second-order valence-corrected chi connectivity index (χ2v) is 4.61. The molecule has 0 bridgehead atoms. The zero-order valence-electron chi connectivity index (χ0n) is 10.1. The van der Waals surface area contributed by atoms with E-state index in [0.717, 1.165) is 11.3 Å². The molecule has 1 aromatic heterocycles. The Balaban J connectivity index is 2.12. The molecule has 0 aliphatic rings. The topological polar surface area (TPSA) is 74.0 Å². The van der Waals surface area contributed by atoms with E-state index in [9.17, 15) is 14.0 Å². The lowest BCUT2D eigenvalue weighted by Crippen LogP contribution is -2.24. The van der Waals surface area contributed by atoms with E-state index in [-0.39, 0.29) is 22.7 Å². The van der Waals surface area contributed by atoms with Gasteiger partial charge in [-0.25, -0.2) is 4.39 Å². The molecule has 2 aromatic rings. The van der Waals surface area contributed by atoms with Crippen LogP contribution < -0.4 is 15.5 Å². The Morgan fingerprint density at radius 3 is 2.89 bits per heavy atom. The minimum atomic E-state index is -0.487. The molecule has 1 amide bonds. The van der Waals surface area contributed by atoms with Gasteiger partial charge in [0.05, 0.1) is 17.8 Å². The number of carbonyl (C=O) groups is 1. The fraction of sp³-hybridized carbons (Fsp3) is 0.167. The van der Waals surface area contributed by atoms with E-state index in [1.165, 1.54) is 18.2 Å². The lowest BCUT2D eigenvalue weighted by atomic mass is 10.1. The smallest absolute Gasteiger partial charge is 0.304 e. The molecular formula is C12H12FN3O2S. The summed E-state index contributed by atoms with van der Waals surface area (Å²) in [5.41, 5.74) is 0.990. The number of halogens is 1. The van der Waals surface area contributed by atoms with Crippen molar-refractivity contribution in [2.75, 3.05) is 12.4 Å². The van der Waals surface area contributed by atoms with Gasteiger partial charge in [0.1, 0.15) is 5.82 Å². The van der Waals surface area contributed by atoms with E-state index in [2.05, 4.69) is 15.6 Å². The van der Waals surface area contributed by atoms with Crippen molar-refractivity contribution in [1.29, 1.82) is 0 Å². The predicted octanol–water partition coefficient (Wildman–Crippen LogP) is 1.55. The van der Waals surface area contributed by atoms with Crippen molar-refractivity contribution in [3.8, 4) is 0 Å². The molecule has 3 N–H and O–H groups in total. The number of rotatable bonds is 4. The molecule has 0 fully saturated rings. The van der Waals surface area contributed by atoms with Crippen LogP contribution in [0.4, 0.5) is 10.1 Å². The average molecular weight is 281 g/mol. The number of thiazole rings is 1. The van der Waals surface area contributed by atoms with Crippen LogP contribution in [-0.2, 0) is 6.54 Å². The summed E-state index contributed by atoms with van der Waals surface area (Å²) in [6.07, 6.45) is 0. The van der Waals surface area contributed by atoms with Gasteiger partial charge in [-0.1, -0.05) is 17.4 Å². The Bertz CT molecular complexity index is 650. The normalized spacial score (nSPS) is 10.2. The van der Waals surface area contributed by atoms with Gasteiger partial charge >= 0.3 is 4.87 Å². The zero-order chi connectivity index (χ0) is 13.8. The molecule has 1 heterocycles. The number of hydrogen-bond acceptors (Lipinski definition) is 4. The predicted molar refractivity (Wildman–Crippen MR) is 72.1 cm³/mol. The van der Waals surface area contributed by atoms with Gasteiger partial charge in [-0.2, -0.15) is 0 Å². The van der Waals surface area contributed by atoms with E-state index >= 15 is 0 Å². The maximum absolute atomic E-state index is 13.5. The summed E-state index contributed by atoms with van der Waals surface area (Å²) in [6.45, 7) is 0.192. The second kappa shape index (κ2) is 5.66. The van der Waals surface area contributed by atoms with Crippen LogP contribution in [0.2, 0.25) is 0 Å². The highest BCUT2D eigenvalue weighted by Crippen LogP contribution is 2.19. The number of benzene rings is 1. The fourth-order valence-corrected chi connectivity index (χ4v) is 2.22. The maximum atomic E-state index is 13.5. The molecule has 0 unspecified atom stereocenters. The van der Waals surface area contributed by atoms with E-state index in [1.807, 2.05) is 0 Å². The largest absolute Gasteiger partial charge is 0.385 e. The molecule has 2 rings (SSSR count). The van der Waals surface area contributed by atoms with Crippen molar-refractivity contribution < 1.29 is 9.18 Å². The first-order chi connectivity index (χ1) is 9.11. The Labute approximate surface area is 112 Å². The quantitative estimate of drug-likeness (QED) is 0.796. The minimum Gasteiger partial charge on any atom is -0.385 e. The van der Waals surface area contributed by atoms with Crippen molar-refractivity contribution >= 4 is 22.9 Å². The number of H-pyrrole nitrogens is 1. The van der Waals surface area contributed by atoms with Crippen molar-refractivity contribution in [3.05, 3.63) is 50.3 Å². The van der Waals surface area contributed by atoms with Crippen LogP contribution in [0.5, 0.6) is 0 Å². The summed E-state index contributed by atoms with van der Waals surface area (Å²) >= 11 is 1.03. The number of aromatic amines is 1. The van der Waals surface area contributed by atoms with Crippen LogP contribution in [0.25, 0.3) is 0 Å². The number of carbonyl (C=O) groups excluding carboxylic acids is 1.